The van der Waals surface area contributed by atoms with Crippen molar-refractivity contribution in [3.8, 4) is 11.5 Å². The molecular weight excluding hydrogens is 480 g/mol. The fourth-order valence-electron chi connectivity index (χ4n) is 2.95. The number of hydrogen-bond acceptors (Lipinski definition) is 4. The lowest BCUT2D eigenvalue weighted by molar-refractivity contribution is -0.122. The van der Waals surface area contributed by atoms with Crippen LogP contribution in [0.3, 0.4) is 0 Å². The number of halogens is 2. The molecule has 2 amide bonds. The molecule has 6 nitrogen and oxygen atoms in total. The first-order valence-electron chi connectivity index (χ1n) is 8.21. The molecule has 1 fully saturated rings. The zero-order chi connectivity index (χ0) is 19.6. The van der Waals surface area contributed by atoms with Gasteiger partial charge in [0.25, 0.3) is 0 Å². The molecule has 1 heterocycles. The van der Waals surface area contributed by atoms with Gasteiger partial charge in [0, 0.05) is 28.0 Å². The third kappa shape index (κ3) is 4.27. The molecular formula is C19H18Br2N2O4. The topological polar surface area (TPSA) is 67.9 Å². The van der Waals surface area contributed by atoms with Gasteiger partial charge in [0.1, 0.15) is 11.5 Å². The monoisotopic (exact) mass is 496 g/mol. The minimum Gasteiger partial charge on any atom is -0.497 e. The Kier molecular flexibility index (Phi) is 6.06. The number of anilines is 2. The van der Waals surface area contributed by atoms with E-state index >= 15 is 0 Å². The molecule has 1 unspecified atom stereocenters. The standard InChI is InChI=1S/C19H18Br2N2O4/c1-26-13-4-6-17(27-2)16(9-13)23-10-11(7-18(23)24)19(25)22-15-5-3-12(20)8-14(15)21/h3-6,8-9,11H,7,10H2,1-2H3,(H,22,25). The summed E-state index contributed by atoms with van der Waals surface area (Å²) in [6.45, 7) is 0.280. The van der Waals surface area contributed by atoms with Crippen molar-refractivity contribution in [3.63, 3.8) is 0 Å². The minimum atomic E-state index is -0.455. The number of ether oxygens (including phenoxy) is 2. The molecule has 0 aliphatic carbocycles. The van der Waals surface area contributed by atoms with E-state index in [1.165, 1.54) is 0 Å². The predicted molar refractivity (Wildman–Crippen MR) is 110 cm³/mol. The van der Waals surface area contributed by atoms with Crippen LogP contribution in [0.15, 0.2) is 45.3 Å². The van der Waals surface area contributed by atoms with E-state index in [4.69, 9.17) is 9.47 Å². The highest BCUT2D eigenvalue weighted by molar-refractivity contribution is 9.11. The predicted octanol–water partition coefficient (Wildman–Crippen LogP) is 4.22. The first-order chi connectivity index (χ1) is 12.9. The number of nitrogens with zero attached hydrogens (tertiary/aromatic N) is 1. The van der Waals surface area contributed by atoms with Gasteiger partial charge >= 0.3 is 0 Å². The Balaban J connectivity index is 1.78. The van der Waals surface area contributed by atoms with Gasteiger partial charge in [-0.3, -0.25) is 9.59 Å². The van der Waals surface area contributed by atoms with Crippen molar-refractivity contribution < 1.29 is 19.1 Å². The summed E-state index contributed by atoms with van der Waals surface area (Å²) in [6, 6.07) is 10.7. The molecule has 0 bridgehead atoms. The Hall–Kier alpha value is -2.06. The van der Waals surface area contributed by atoms with Crippen LogP contribution >= 0.6 is 31.9 Å². The van der Waals surface area contributed by atoms with E-state index in [2.05, 4.69) is 37.2 Å². The zero-order valence-corrected chi connectivity index (χ0v) is 18.0. The smallest absolute Gasteiger partial charge is 0.229 e. The van der Waals surface area contributed by atoms with Crippen LogP contribution in [0.4, 0.5) is 11.4 Å². The number of nitrogens with one attached hydrogen (secondary N) is 1. The normalized spacial score (nSPS) is 16.4. The van der Waals surface area contributed by atoms with E-state index in [-0.39, 0.29) is 24.8 Å². The highest BCUT2D eigenvalue weighted by Crippen LogP contribution is 2.36. The average Bonchev–Trinajstić information content (AvgIpc) is 3.05. The molecule has 2 aromatic carbocycles. The fourth-order valence-corrected chi connectivity index (χ4v) is 4.10. The van der Waals surface area contributed by atoms with E-state index in [9.17, 15) is 9.59 Å². The summed E-state index contributed by atoms with van der Waals surface area (Å²) < 4.78 is 12.3. The number of carbonyl (C=O) groups excluding carboxylic acids is 2. The summed E-state index contributed by atoms with van der Waals surface area (Å²) in [5, 5.41) is 2.88. The van der Waals surface area contributed by atoms with Gasteiger partial charge in [0.2, 0.25) is 11.8 Å². The number of benzene rings is 2. The summed E-state index contributed by atoms with van der Waals surface area (Å²) in [7, 11) is 3.10. The van der Waals surface area contributed by atoms with Crippen molar-refractivity contribution in [2.75, 3.05) is 31.0 Å². The van der Waals surface area contributed by atoms with Crippen molar-refractivity contribution in [2.24, 2.45) is 5.92 Å². The Labute approximate surface area is 174 Å². The second-order valence-corrected chi connectivity index (χ2v) is 7.83. The van der Waals surface area contributed by atoms with Gasteiger partial charge in [-0.2, -0.15) is 0 Å². The van der Waals surface area contributed by atoms with E-state index in [0.29, 0.717) is 22.9 Å². The van der Waals surface area contributed by atoms with Gasteiger partial charge in [-0.25, -0.2) is 0 Å². The zero-order valence-electron chi connectivity index (χ0n) is 14.8. The third-order valence-electron chi connectivity index (χ3n) is 4.36. The molecule has 0 aromatic heterocycles. The van der Waals surface area contributed by atoms with Crippen LogP contribution in [0.2, 0.25) is 0 Å². The van der Waals surface area contributed by atoms with Crippen LogP contribution in [0, 0.1) is 5.92 Å². The molecule has 27 heavy (non-hydrogen) atoms. The second-order valence-electron chi connectivity index (χ2n) is 6.06. The van der Waals surface area contributed by atoms with Gasteiger partial charge in [-0.15, -0.1) is 0 Å². The summed E-state index contributed by atoms with van der Waals surface area (Å²) in [5.74, 6) is 0.391. The maximum Gasteiger partial charge on any atom is 0.229 e. The Morgan fingerprint density at radius 2 is 1.93 bits per heavy atom. The molecule has 1 aliphatic rings. The van der Waals surface area contributed by atoms with Crippen molar-refractivity contribution in [2.45, 2.75) is 6.42 Å². The Morgan fingerprint density at radius 3 is 2.59 bits per heavy atom. The number of amides is 2. The summed E-state index contributed by atoms with van der Waals surface area (Å²) in [4.78, 5) is 26.8. The number of rotatable bonds is 5. The number of methoxy groups -OCH3 is 2. The lowest BCUT2D eigenvalue weighted by atomic mass is 10.1. The molecule has 8 heteroatoms. The second kappa shape index (κ2) is 8.31. The summed E-state index contributed by atoms with van der Waals surface area (Å²) in [6.07, 6.45) is 0.139. The van der Waals surface area contributed by atoms with E-state index in [1.54, 1.807) is 43.4 Å². The molecule has 0 saturated carbocycles. The highest BCUT2D eigenvalue weighted by atomic mass is 79.9. The summed E-state index contributed by atoms with van der Waals surface area (Å²) in [5.41, 5.74) is 1.26. The van der Waals surface area contributed by atoms with Gasteiger partial charge in [-0.05, 0) is 46.3 Å². The molecule has 2 aromatic rings. The maximum absolute atomic E-state index is 12.7. The van der Waals surface area contributed by atoms with Crippen molar-refractivity contribution in [3.05, 3.63) is 45.3 Å². The maximum atomic E-state index is 12.7. The minimum absolute atomic E-state index is 0.128. The van der Waals surface area contributed by atoms with Gasteiger partial charge in [0.05, 0.1) is 31.5 Å². The molecule has 142 valence electrons. The molecule has 1 atom stereocenters. The molecule has 0 spiro atoms. The van der Waals surface area contributed by atoms with Gasteiger partial charge in [-0.1, -0.05) is 15.9 Å². The third-order valence-corrected chi connectivity index (χ3v) is 5.51. The van der Waals surface area contributed by atoms with E-state index < -0.39 is 5.92 Å². The summed E-state index contributed by atoms with van der Waals surface area (Å²) >= 11 is 6.81. The van der Waals surface area contributed by atoms with Crippen molar-refractivity contribution in [1.29, 1.82) is 0 Å². The number of hydrogen-bond donors (Lipinski definition) is 1. The lowest BCUT2D eigenvalue weighted by Gasteiger charge is -2.20. The Morgan fingerprint density at radius 1 is 1.15 bits per heavy atom. The first-order valence-corrected chi connectivity index (χ1v) is 9.80. The van der Waals surface area contributed by atoms with Crippen LogP contribution in [0.5, 0.6) is 11.5 Å². The van der Waals surface area contributed by atoms with Gasteiger partial charge < -0.3 is 19.7 Å². The quantitative estimate of drug-likeness (QED) is 0.671. The molecule has 3 rings (SSSR count). The van der Waals surface area contributed by atoms with E-state index in [0.717, 1.165) is 8.95 Å². The van der Waals surface area contributed by atoms with Crippen molar-refractivity contribution >= 4 is 55.0 Å². The molecule has 1 N–H and O–H groups in total. The van der Waals surface area contributed by atoms with Crippen LogP contribution in [-0.4, -0.2) is 32.6 Å². The van der Waals surface area contributed by atoms with Gasteiger partial charge in [0.15, 0.2) is 0 Å². The largest absolute Gasteiger partial charge is 0.497 e. The van der Waals surface area contributed by atoms with Crippen LogP contribution in [-0.2, 0) is 9.59 Å². The highest BCUT2D eigenvalue weighted by Gasteiger charge is 2.36. The number of carbonyl (C=O) groups is 2. The lowest BCUT2D eigenvalue weighted by Crippen LogP contribution is -2.28. The first kappa shape index (κ1) is 19.7. The molecule has 1 aliphatic heterocycles. The van der Waals surface area contributed by atoms with Crippen LogP contribution < -0.4 is 19.7 Å². The average molecular weight is 498 g/mol. The Bertz CT molecular complexity index is 888. The van der Waals surface area contributed by atoms with E-state index in [1.807, 2.05) is 12.1 Å². The van der Waals surface area contributed by atoms with Crippen LogP contribution in [0.1, 0.15) is 6.42 Å². The SMILES string of the molecule is COc1ccc(OC)c(N2CC(C(=O)Nc3ccc(Br)cc3Br)CC2=O)c1. The van der Waals surface area contributed by atoms with Crippen molar-refractivity contribution in [1.82, 2.24) is 0 Å². The fraction of sp³-hybridized carbons (Fsp3) is 0.263. The molecule has 0 radical (unpaired) electrons. The van der Waals surface area contributed by atoms with Crippen LogP contribution in [0.25, 0.3) is 0 Å². The molecule has 1 saturated heterocycles.